The van der Waals surface area contributed by atoms with Gasteiger partial charge in [0.1, 0.15) is 29.6 Å². The molecule has 170 valence electrons. The van der Waals surface area contributed by atoms with Crippen LogP contribution in [0.4, 0.5) is 14.6 Å². The number of halogens is 3. The minimum Gasteiger partial charge on any atom is -0.381 e. The topological polar surface area (TPSA) is 145 Å². The van der Waals surface area contributed by atoms with Gasteiger partial charge in [-0.05, 0) is 12.1 Å². The summed E-state index contributed by atoms with van der Waals surface area (Å²) in [6, 6.07) is 9.36. The van der Waals surface area contributed by atoms with Gasteiger partial charge < -0.3 is 20.7 Å². The predicted octanol–water partition coefficient (Wildman–Crippen LogP) is 2.23. The molecule has 4 N–H and O–H groups in total. The second kappa shape index (κ2) is 9.30. The third-order valence-corrected chi connectivity index (χ3v) is 4.84. The number of aromatic nitrogens is 5. The van der Waals surface area contributed by atoms with Crippen LogP contribution in [0.3, 0.4) is 0 Å². The molecule has 4 rings (SSSR count). The van der Waals surface area contributed by atoms with Crippen LogP contribution in [0.2, 0.25) is 5.15 Å². The van der Waals surface area contributed by atoms with Crippen LogP contribution in [0.25, 0.3) is 22.9 Å². The van der Waals surface area contributed by atoms with Gasteiger partial charge in [-0.25, -0.2) is 14.4 Å². The van der Waals surface area contributed by atoms with Crippen molar-refractivity contribution in [3.05, 3.63) is 65.0 Å². The highest BCUT2D eigenvalue weighted by atomic mass is 35.5. The Labute approximate surface area is 190 Å². The highest BCUT2D eigenvalue weighted by molar-refractivity contribution is 6.29. The minimum absolute atomic E-state index is 0.0553. The molecular weight excluding hydrogens is 460 g/mol. The van der Waals surface area contributed by atoms with Crippen molar-refractivity contribution in [1.29, 1.82) is 0 Å². The third-order valence-electron chi connectivity index (χ3n) is 4.59. The molecule has 3 aromatic heterocycles. The Kier molecular flexibility index (Phi) is 6.29. The number of primary amides is 1. The lowest BCUT2D eigenvalue weighted by Crippen LogP contribution is -2.34. The molecule has 0 saturated carbocycles. The quantitative estimate of drug-likeness (QED) is 0.329. The van der Waals surface area contributed by atoms with Crippen molar-refractivity contribution in [3.63, 3.8) is 0 Å². The number of nitrogens with two attached hydrogens (primary N) is 1. The molecule has 33 heavy (non-hydrogen) atoms. The van der Waals surface area contributed by atoms with Crippen LogP contribution in [0.5, 0.6) is 0 Å². The zero-order valence-corrected chi connectivity index (χ0v) is 17.5. The van der Waals surface area contributed by atoms with Gasteiger partial charge in [-0.3, -0.25) is 9.48 Å². The molecule has 0 saturated heterocycles. The summed E-state index contributed by atoms with van der Waals surface area (Å²) < 4.78 is 35.0. The molecule has 3 heterocycles. The third kappa shape index (κ3) is 4.81. The van der Waals surface area contributed by atoms with Crippen LogP contribution in [0, 0.1) is 11.6 Å². The SMILES string of the molecule is NC(=O)C(O)CNc1nc(-c2cc(-c3ccon3)n(Cc3ccccc3F)n2)nc(Cl)c1F. The Balaban J connectivity index is 1.73. The van der Waals surface area contributed by atoms with Crippen molar-refractivity contribution < 1.29 is 23.2 Å². The first kappa shape index (κ1) is 22.3. The fourth-order valence-electron chi connectivity index (χ4n) is 2.93. The summed E-state index contributed by atoms with van der Waals surface area (Å²) in [5, 5.41) is 19.8. The molecule has 1 atom stereocenters. The summed E-state index contributed by atoms with van der Waals surface area (Å²) >= 11 is 5.91. The number of nitrogens with zero attached hydrogens (tertiary/aromatic N) is 5. The lowest BCUT2D eigenvalue weighted by atomic mass is 10.2. The first-order valence-electron chi connectivity index (χ1n) is 9.50. The Morgan fingerprint density at radius 3 is 2.73 bits per heavy atom. The summed E-state index contributed by atoms with van der Waals surface area (Å²) in [5.74, 6) is -2.82. The van der Waals surface area contributed by atoms with Gasteiger partial charge in [0, 0.05) is 11.6 Å². The maximum Gasteiger partial charge on any atom is 0.248 e. The smallest absolute Gasteiger partial charge is 0.248 e. The molecule has 0 bridgehead atoms. The van der Waals surface area contributed by atoms with Gasteiger partial charge in [0.2, 0.25) is 11.7 Å². The van der Waals surface area contributed by atoms with E-state index in [1.165, 1.54) is 17.0 Å². The molecule has 1 aromatic carbocycles. The summed E-state index contributed by atoms with van der Waals surface area (Å²) in [6.07, 6.45) is -0.201. The van der Waals surface area contributed by atoms with E-state index in [4.69, 9.17) is 21.9 Å². The van der Waals surface area contributed by atoms with Gasteiger partial charge in [0.25, 0.3) is 0 Å². The Bertz CT molecular complexity index is 1300. The molecule has 13 heteroatoms. The van der Waals surface area contributed by atoms with Gasteiger partial charge in [0.05, 0.1) is 18.8 Å². The number of hydrogen-bond acceptors (Lipinski definition) is 8. The summed E-state index contributed by atoms with van der Waals surface area (Å²) in [6.45, 7) is -0.343. The van der Waals surface area contributed by atoms with Crippen LogP contribution in [-0.2, 0) is 11.3 Å². The van der Waals surface area contributed by atoms with Crippen LogP contribution in [0.1, 0.15) is 5.56 Å². The number of benzene rings is 1. The van der Waals surface area contributed by atoms with E-state index < -0.39 is 35.3 Å². The number of nitrogens with one attached hydrogen (secondary N) is 1. The first-order chi connectivity index (χ1) is 15.8. The summed E-state index contributed by atoms with van der Waals surface area (Å²) in [7, 11) is 0. The van der Waals surface area contributed by atoms with E-state index in [2.05, 4.69) is 25.5 Å². The van der Waals surface area contributed by atoms with Crippen molar-refractivity contribution in [2.24, 2.45) is 5.73 Å². The predicted molar refractivity (Wildman–Crippen MR) is 113 cm³/mol. The maximum absolute atomic E-state index is 14.4. The molecule has 0 radical (unpaired) electrons. The van der Waals surface area contributed by atoms with Gasteiger partial charge in [0.15, 0.2) is 16.8 Å². The van der Waals surface area contributed by atoms with E-state index in [9.17, 15) is 18.7 Å². The standard InChI is InChI=1S/C20H16ClF2N7O3/c21-17-16(23)20(25-8-15(31)18(24)32)27-19(26-17)13-7-14(12-5-6-33-29-12)30(28-13)9-10-3-1-2-4-11(10)22/h1-7,15,31H,8-9H2,(H2,24,32)(H,25,26,27). The molecule has 0 fully saturated rings. The maximum atomic E-state index is 14.4. The number of aliphatic hydroxyl groups is 1. The molecule has 1 unspecified atom stereocenters. The van der Waals surface area contributed by atoms with Crippen molar-refractivity contribution in [1.82, 2.24) is 24.9 Å². The van der Waals surface area contributed by atoms with Crippen molar-refractivity contribution in [2.75, 3.05) is 11.9 Å². The van der Waals surface area contributed by atoms with E-state index in [1.54, 1.807) is 30.3 Å². The number of carbonyl (C=O) groups excluding carboxylic acids is 1. The fraction of sp³-hybridized carbons (Fsp3) is 0.150. The van der Waals surface area contributed by atoms with Gasteiger partial charge >= 0.3 is 0 Å². The Morgan fingerprint density at radius 1 is 1.24 bits per heavy atom. The largest absolute Gasteiger partial charge is 0.381 e. The van der Waals surface area contributed by atoms with Gasteiger partial charge in [-0.2, -0.15) is 9.49 Å². The second-order valence-electron chi connectivity index (χ2n) is 6.85. The number of hydrogen-bond donors (Lipinski definition) is 3. The molecule has 4 aromatic rings. The fourth-order valence-corrected chi connectivity index (χ4v) is 3.10. The Hall–Kier alpha value is -3.90. The monoisotopic (exact) mass is 475 g/mol. The van der Waals surface area contributed by atoms with Crippen LogP contribution in [0.15, 0.2) is 47.2 Å². The average Bonchev–Trinajstić information content (AvgIpc) is 3.46. The van der Waals surface area contributed by atoms with Crippen LogP contribution >= 0.6 is 11.6 Å². The molecule has 0 aliphatic heterocycles. The van der Waals surface area contributed by atoms with E-state index in [1.807, 2.05) is 0 Å². The van der Waals surface area contributed by atoms with Crippen LogP contribution in [-0.4, -0.2) is 48.6 Å². The minimum atomic E-state index is -1.57. The summed E-state index contributed by atoms with van der Waals surface area (Å²) in [4.78, 5) is 19.0. The van der Waals surface area contributed by atoms with Crippen LogP contribution < -0.4 is 11.1 Å². The van der Waals surface area contributed by atoms with Crippen molar-refractivity contribution in [3.8, 4) is 22.9 Å². The normalized spacial score (nSPS) is 12.0. The number of carbonyl (C=O) groups is 1. The highest BCUT2D eigenvalue weighted by Crippen LogP contribution is 2.28. The molecule has 0 aliphatic carbocycles. The Morgan fingerprint density at radius 2 is 2.03 bits per heavy atom. The van der Waals surface area contributed by atoms with Crippen molar-refractivity contribution in [2.45, 2.75) is 12.6 Å². The number of rotatable bonds is 8. The lowest BCUT2D eigenvalue weighted by Gasteiger charge is -2.11. The second-order valence-corrected chi connectivity index (χ2v) is 7.21. The highest BCUT2D eigenvalue weighted by Gasteiger charge is 2.21. The number of anilines is 1. The average molecular weight is 476 g/mol. The summed E-state index contributed by atoms with van der Waals surface area (Å²) in [5.41, 5.74) is 6.43. The molecule has 0 aliphatic rings. The molecule has 0 spiro atoms. The van der Waals surface area contributed by atoms with Gasteiger partial charge in [-0.1, -0.05) is 35.0 Å². The van der Waals surface area contributed by atoms with E-state index in [0.717, 1.165) is 0 Å². The first-order valence-corrected chi connectivity index (χ1v) is 9.88. The zero-order chi connectivity index (χ0) is 23.5. The lowest BCUT2D eigenvalue weighted by molar-refractivity contribution is -0.125. The van der Waals surface area contributed by atoms with E-state index in [0.29, 0.717) is 17.0 Å². The van der Waals surface area contributed by atoms with Crippen molar-refractivity contribution >= 4 is 23.3 Å². The molecule has 1 amide bonds. The number of amides is 1. The number of aliphatic hydroxyl groups excluding tert-OH is 1. The molecular formula is C20H16ClF2N7O3. The van der Waals surface area contributed by atoms with E-state index in [-0.39, 0.29) is 23.9 Å². The van der Waals surface area contributed by atoms with Gasteiger partial charge in [-0.15, -0.1) is 0 Å². The zero-order valence-electron chi connectivity index (χ0n) is 16.7. The molecule has 10 nitrogen and oxygen atoms in total. The van der Waals surface area contributed by atoms with E-state index >= 15 is 0 Å².